The zero-order valence-electron chi connectivity index (χ0n) is 12.6. The van der Waals surface area contributed by atoms with Crippen LogP contribution in [0.2, 0.25) is 0 Å². The van der Waals surface area contributed by atoms with Gasteiger partial charge in [-0.25, -0.2) is 0 Å². The molecule has 1 amide bonds. The maximum atomic E-state index is 11.9. The van der Waals surface area contributed by atoms with Gasteiger partial charge in [0.25, 0.3) is 0 Å². The van der Waals surface area contributed by atoms with Gasteiger partial charge in [0.1, 0.15) is 0 Å². The Balaban J connectivity index is 0.00000242. The summed E-state index contributed by atoms with van der Waals surface area (Å²) in [5.41, 5.74) is 1.43. The van der Waals surface area contributed by atoms with E-state index in [1.54, 1.807) is 19.2 Å². The zero-order valence-corrected chi connectivity index (χ0v) is 14.9. The first-order valence-corrected chi connectivity index (χ1v) is 7.02. The number of carbonyl (C=O) groups excluding carboxylic acids is 1. The van der Waals surface area contributed by atoms with Gasteiger partial charge in [0.15, 0.2) is 5.96 Å². The lowest BCUT2D eigenvalue weighted by Gasteiger charge is -2.11. The van der Waals surface area contributed by atoms with Gasteiger partial charge in [0, 0.05) is 24.8 Å². The summed E-state index contributed by atoms with van der Waals surface area (Å²) in [5.74, 6) is 3.80. The third kappa shape index (κ3) is 6.35. The van der Waals surface area contributed by atoms with Crippen molar-refractivity contribution in [3.8, 4) is 12.3 Å². The summed E-state index contributed by atoms with van der Waals surface area (Å²) in [6, 6.07) is 7.20. The molecule has 0 aromatic heterocycles. The molecule has 5 nitrogen and oxygen atoms in total. The number of benzene rings is 1. The van der Waals surface area contributed by atoms with E-state index >= 15 is 0 Å². The number of terminal acetylenes is 1. The molecule has 0 bridgehead atoms. The number of amides is 1. The Morgan fingerprint density at radius 3 is 2.82 bits per heavy atom. The van der Waals surface area contributed by atoms with Gasteiger partial charge in [-0.1, -0.05) is 12.0 Å². The molecule has 6 heteroatoms. The lowest BCUT2D eigenvalue weighted by molar-refractivity contribution is -0.115. The second-order valence-corrected chi connectivity index (χ2v) is 5.02. The van der Waals surface area contributed by atoms with Crippen molar-refractivity contribution in [3.63, 3.8) is 0 Å². The molecule has 1 aliphatic carbocycles. The number of carbonyl (C=O) groups is 1. The van der Waals surface area contributed by atoms with Crippen LogP contribution in [0.15, 0.2) is 29.3 Å². The highest BCUT2D eigenvalue weighted by molar-refractivity contribution is 14.0. The first kappa shape index (κ1) is 18.3. The van der Waals surface area contributed by atoms with Crippen molar-refractivity contribution in [3.05, 3.63) is 29.8 Å². The van der Waals surface area contributed by atoms with E-state index in [2.05, 4.69) is 26.9 Å². The number of hydrogen-bond donors (Lipinski definition) is 3. The summed E-state index contributed by atoms with van der Waals surface area (Å²) in [5, 5.41) is 8.98. The standard InChI is InChI=1S/C16H20N4O.HI/c1-3-12-5-4-6-14(9-12)20-15(21)11-19-16(17-2)18-10-13-7-8-13;/h1,4-6,9,13H,7-8,10-11H2,2H3,(H,20,21)(H2,17,18,19);1H. The maximum absolute atomic E-state index is 11.9. The van der Waals surface area contributed by atoms with E-state index in [1.165, 1.54) is 12.8 Å². The summed E-state index contributed by atoms with van der Waals surface area (Å²) in [6.45, 7) is 1.07. The number of rotatable bonds is 5. The predicted molar refractivity (Wildman–Crippen MR) is 101 cm³/mol. The van der Waals surface area contributed by atoms with Crippen molar-refractivity contribution in [2.75, 3.05) is 25.5 Å². The number of anilines is 1. The van der Waals surface area contributed by atoms with Crippen LogP contribution >= 0.6 is 24.0 Å². The number of nitrogens with zero attached hydrogens (tertiary/aromatic N) is 1. The second-order valence-electron chi connectivity index (χ2n) is 5.02. The highest BCUT2D eigenvalue weighted by atomic mass is 127. The number of aliphatic imine (C=N–C) groups is 1. The van der Waals surface area contributed by atoms with E-state index in [1.807, 2.05) is 12.1 Å². The normalized spacial score (nSPS) is 13.5. The molecule has 0 aliphatic heterocycles. The number of halogens is 1. The summed E-state index contributed by atoms with van der Waals surface area (Å²) in [6.07, 6.45) is 7.88. The van der Waals surface area contributed by atoms with E-state index < -0.39 is 0 Å². The van der Waals surface area contributed by atoms with Crippen LogP contribution in [0, 0.1) is 18.3 Å². The topological polar surface area (TPSA) is 65.5 Å². The molecule has 0 heterocycles. The van der Waals surface area contributed by atoms with Crippen molar-refractivity contribution in [2.45, 2.75) is 12.8 Å². The summed E-state index contributed by atoms with van der Waals surface area (Å²) in [4.78, 5) is 16.0. The van der Waals surface area contributed by atoms with Gasteiger partial charge in [0.05, 0.1) is 6.54 Å². The minimum absolute atomic E-state index is 0. The van der Waals surface area contributed by atoms with E-state index in [0.29, 0.717) is 11.6 Å². The van der Waals surface area contributed by atoms with E-state index in [0.717, 1.165) is 18.0 Å². The fourth-order valence-corrected chi connectivity index (χ4v) is 1.84. The van der Waals surface area contributed by atoms with Crippen LogP contribution in [0.25, 0.3) is 0 Å². The van der Waals surface area contributed by atoms with Gasteiger partial charge in [-0.05, 0) is 37.0 Å². The molecule has 22 heavy (non-hydrogen) atoms. The van der Waals surface area contributed by atoms with E-state index in [9.17, 15) is 4.79 Å². The Morgan fingerprint density at radius 1 is 1.41 bits per heavy atom. The van der Waals surface area contributed by atoms with E-state index in [-0.39, 0.29) is 36.4 Å². The third-order valence-electron chi connectivity index (χ3n) is 3.21. The monoisotopic (exact) mass is 412 g/mol. The van der Waals surface area contributed by atoms with Crippen LogP contribution in [0.4, 0.5) is 5.69 Å². The molecule has 0 saturated heterocycles. The number of guanidine groups is 1. The van der Waals surface area contributed by atoms with Crippen LogP contribution in [-0.4, -0.2) is 32.0 Å². The third-order valence-corrected chi connectivity index (χ3v) is 3.21. The molecule has 1 saturated carbocycles. The average Bonchev–Trinajstić information content (AvgIpc) is 3.32. The molecular weight excluding hydrogens is 391 g/mol. The zero-order chi connectivity index (χ0) is 15.1. The van der Waals surface area contributed by atoms with Crippen LogP contribution in [0.5, 0.6) is 0 Å². The fraction of sp³-hybridized carbons (Fsp3) is 0.375. The summed E-state index contributed by atoms with van der Waals surface area (Å²) in [7, 11) is 1.69. The van der Waals surface area contributed by atoms with Crippen LogP contribution in [-0.2, 0) is 4.79 Å². The average molecular weight is 412 g/mol. The molecule has 0 unspecified atom stereocenters. The van der Waals surface area contributed by atoms with Gasteiger partial charge in [-0.3, -0.25) is 9.79 Å². The fourth-order valence-electron chi connectivity index (χ4n) is 1.84. The van der Waals surface area contributed by atoms with Crippen LogP contribution in [0.3, 0.4) is 0 Å². The molecule has 1 fully saturated rings. The number of hydrogen-bond acceptors (Lipinski definition) is 2. The second kappa shape index (κ2) is 9.30. The molecule has 1 aromatic carbocycles. The smallest absolute Gasteiger partial charge is 0.243 e. The van der Waals surface area contributed by atoms with Gasteiger partial charge in [-0.15, -0.1) is 30.4 Å². The number of nitrogens with one attached hydrogen (secondary N) is 3. The Morgan fingerprint density at radius 2 is 2.18 bits per heavy atom. The van der Waals surface area contributed by atoms with Gasteiger partial charge < -0.3 is 16.0 Å². The van der Waals surface area contributed by atoms with Crippen LogP contribution < -0.4 is 16.0 Å². The molecule has 0 atom stereocenters. The minimum atomic E-state index is -0.140. The first-order chi connectivity index (χ1) is 10.2. The predicted octanol–water partition coefficient (Wildman–Crippen LogP) is 1.80. The van der Waals surface area contributed by atoms with Crippen molar-refractivity contribution in [1.82, 2.24) is 10.6 Å². The van der Waals surface area contributed by atoms with Crippen molar-refractivity contribution < 1.29 is 4.79 Å². The highest BCUT2D eigenvalue weighted by Gasteiger charge is 2.21. The maximum Gasteiger partial charge on any atom is 0.243 e. The molecule has 1 aromatic rings. The molecule has 0 radical (unpaired) electrons. The Kier molecular flexibility index (Phi) is 7.74. The van der Waals surface area contributed by atoms with Gasteiger partial charge in [0.2, 0.25) is 5.91 Å². The Bertz CT molecular complexity index is 576. The summed E-state index contributed by atoms with van der Waals surface area (Å²) >= 11 is 0. The van der Waals surface area contributed by atoms with Crippen molar-refractivity contribution in [2.24, 2.45) is 10.9 Å². The SMILES string of the molecule is C#Cc1cccc(NC(=O)CNC(=NC)NCC2CC2)c1.I. The lowest BCUT2D eigenvalue weighted by atomic mass is 10.2. The highest BCUT2D eigenvalue weighted by Crippen LogP contribution is 2.27. The van der Waals surface area contributed by atoms with E-state index in [4.69, 9.17) is 6.42 Å². The lowest BCUT2D eigenvalue weighted by Crippen LogP contribution is -2.42. The largest absolute Gasteiger partial charge is 0.356 e. The van der Waals surface area contributed by atoms with Crippen molar-refractivity contribution in [1.29, 1.82) is 0 Å². The van der Waals surface area contributed by atoms with Gasteiger partial charge >= 0.3 is 0 Å². The quantitative estimate of drug-likeness (QED) is 0.299. The molecule has 118 valence electrons. The molecule has 2 rings (SSSR count). The molecule has 1 aliphatic rings. The Hall–Kier alpha value is -1.75. The Labute approximate surface area is 148 Å². The van der Waals surface area contributed by atoms with Crippen molar-refractivity contribution >= 4 is 41.5 Å². The van der Waals surface area contributed by atoms with Crippen LogP contribution in [0.1, 0.15) is 18.4 Å². The van der Waals surface area contributed by atoms with Gasteiger partial charge in [-0.2, -0.15) is 0 Å². The minimum Gasteiger partial charge on any atom is -0.356 e. The first-order valence-electron chi connectivity index (χ1n) is 7.02. The molecule has 0 spiro atoms. The summed E-state index contributed by atoms with van der Waals surface area (Å²) < 4.78 is 0. The molecule has 3 N–H and O–H groups in total. The molecular formula is C16H21IN4O.